The van der Waals surface area contributed by atoms with E-state index in [-0.39, 0.29) is 17.3 Å². The summed E-state index contributed by atoms with van der Waals surface area (Å²) < 4.78 is 11.7. The van der Waals surface area contributed by atoms with Crippen LogP contribution in [0.3, 0.4) is 0 Å². The number of hydrazone groups is 1. The van der Waals surface area contributed by atoms with Gasteiger partial charge in [0.25, 0.3) is 5.91 Å². The summed E-state index contributed by atoms with van der Waals surface area (Å²) in [6.07, 6.45) is 8.19. The minimum absolute atomic E-state index is 0.107. The topological polar surface area (TPSA) is 72.8 Å². The van der Waals surface area contributed by atoms with E-state index in [4.69, 9.17) is 27.5 Å². The van der Waals surface area contributed by atoms with Crippen LogP contribution in [0.1, 0.15) is 22.8 Å². The van der Waals surface area contributed by atoms with Crippen molar-refractivity contribution in [3.63, 3.8) is 0 Å². The number of ether oxygens (including phenoxy) is 2. The molecule has 2 rings (SSSR count). The Morgan fingerprint density at radius 3 is 2.92 bits per heavy atom. The van der Waals surface area contributed by atoms with Gasteiger partial charge >= 0.3 is 0 Å². The van der Waals surface area contributed by atoms with Crippen LogP contribution in [0.5, 0.6) is 11.5 Å². The monoisotopic (exact) mass is 435 g/mol. The largest absolute Gasteiger partial charge is 0.490 e. The Bertz CT molecular complexity index is 865. The van der Waals surface area contributed by atoms with Gasteiger partial charge in [0.05, 0.1) is 18.4 Å². The molecule has 1 aromatic carbocycles. The predicted octanol–water partition coefficient (Wildman–Crippen LogP) is 3.67. The summed E-state index contributed by atoms with van der Waals surface area (Å²) >= 11 is 9.30. The molecule has 0 radical (unpaired) electrons. The number of rotatable bonds is 7. The number of halogens is 2. The average molecular weight is 437 g/mol. The second kappa shape index (κ2) is 9.80. The molecule has 0 atom stereocenters. The highest BCUT2D eigenvalue weighted by atomic mass is 79.9. The van der Waals surface area contributed by atoms with E-state index < -0.39 is 5.91 Å². The van der Waals surface area contributed by atoms with Gasteiger partial charge in [0.2, 0.25) is 0 Å². The quantitative estimate of drug-likeness (QED) is 0.311. The molecule has 26 heavy (non-hydrogen) atoms. The zero-order chi connectivity index (χ0) is 18.9. The molecule has 1 amide bonds. The molecule has 8 heteroatoms. The van der Waals surface area contributed by atoms with Crippen LogP contribution in [0.25, 0.3) is 0 Å². The third-order valence-electron chi connectivity index (χ3n) is 3.05. The number of carbonyl (C=O) groups excluding carboxylic acids is 1. The lowest BCUT2D eigenvalue weighted by Gasteiger charge is -2.12. The van der Waals surface area contributed by atoms with Crippen molar-refractivity contribution in [1.82, 2.24) is 10.4 Å². The van der Waals surface area contributed by atoms with Crippen LogP contribution in [0, 0.1) is 12.3 Å². The zero-order valence-corrected chi connectivity index (χ0v) is 16.2. The van der Waals surface area contributed by atoms with Gasteiger partial charge in [0.15, 0.2) is 11.5 Å². The maximum absolute atomic E-state index is 12.1. The van der Waals surface area contributed by atoms with E-state index in [1.807, 2.05) is 6.92 Å². The molecule has 0 aliphatic rings. The molecule has 0 saturated heterocycles. The summed E-state index contributed by atoms with van der Waals surface area (Å²) in [7, 11) is 0. The fourth-order valence-corrected chi connectivity index (χ4v) is 2.56. The number of hydrogen-bond acceptors (Lipinski definition) is 5. The number of benzene rings is 1. The minimum atomic E-state index is -0.463. The van der Waals surface area contributed by atoms with Crippen molar-refractivity contribution in [1.29, 1.82) is 0 Å². The lowest BCUT2D eigenvalue weighted by Crippen LogP contribution is -2.18. The number of amides is 1. The highest BCUT2D eigenvalue weighted by Crippen LogP contribution is 2.33. The first kappa shape index (κ1) is 19.8. The van der Waals surface area contributed by atoms with Gasteiger partial charge in [-0.1, -0.05) is 17.5 Å². The summed E-state index contributed by atoms with van der Waals surface area (Å²) in [5.41, 5.74) is 3.32. The molecule has 0 aliphatic heterocycles. The van der Waals surface area contributed by atoms with E-state index in [0.29, 0.717) is 28.1 Å². The van der Waals surface area contributed by atoms with Gasteiger partial charge in [-0.25, -0.2) is 10.4 Å². The first-order valence-corrected chi connectivity index (χ1v) is 8.70. The maximum atomic E-state index is 12.1. The van der Waals surface area contributed by atoms with Gasteiger partial charge in [-0.05, 0) is 47.1 Å². The van der Waals surface area contributed by atoms with Gasteiger partial charge in [0.1, 0.15) is 11.8 Å². The first-order chi connectivity index (χ1) is 12.6. The molecule has 2 aromatic rings. The number of nitrogens with zero attached hydrogens (tertiary/aromatic N) is 2. The summed E-state index contributed by atoms with van der Waals surface area (Å²) in [5.74, 6) is 2.98. The van der Waals surface area contributed by atoms with Gasteiger partial charge < -0.3 is 9.47 Å². The molecule has 0 aliphatic carbocycles. The van der Waals surface area contributed by atoms with E-state index in [0.717, 1.165) is 0 Å². The molecule has 134 valence electrons. The van der Waals surface area contributed by atoms with Crippen molar-refractivity contribution < 1.29 is 14.3 Å². The van der Waals surface area contributed by atoms with E-state index in [1.165, 1.54) is 12.4 Å². The van der Waals surface area contributed by atoms with Crippen molar-refractivity contribution in [2.45, 2.75) is 6.92 Å². The van der Waals surface area contributed by atoms with Crippen LogP contribution < -0.4 is 14.9 Å². The van der Waals surface area contributed by atoms with Crippen molar-refractivity contribution in [2.24, 2.45) is 5.10 Å². The summed E-state index contributed by atoms with van der Waals surface area (Å²) in [6.45, 7) is 2.45. The van der Waals surface area contributed by atoms with Crippen molar-refractivity contribution >= 4 is 39.7 Å². The number of terminal acetylenes is 1. The molecule has 1 N–H and O–H groups in total. The lowest BCUT2D eigenvalue weighted by molar-refractivity contribution is 0.0955. The summed E-state index contributed by atoms with van der Waals surface area (Å²) in [6, 6.07) is 6.63. The first-order valence-electron chi connectivity index (χ1n) is 7.53. The van der Waals surface area contributed by atoms with Crippen LogP contribution in [0.15, 0.2) is 40.0 Å². The van der Waals surface area contributed by atoms with Crippen LogP contribution in [-0.4, -0.2) is 30.3 Å². The number of pyridine rings is 1. The predicted molar refractivity (Wildman–Crippen MR) is 104 cm³/mol. The van der Waals surface area contributed by atoms with E-state index in [1.54, 1.807) is 24.3 Å². The number of carbonyl (C=O) groups is 1. The minimum Gasteiger partial charge on any atom is -0.490 e. The standard InChI is InChI=1S/C18H15BrClN3O3/c1-3-8-26-16-10-14(19)12(9-15(16)25-4-2)11-22-23-18(24)13-6-5-7-21-17(13)20/h1,5-7,9-11H,4,8H2,2H3,(H,23,24). The number of hydrogen-bond donors (Lipinski definition) is 1. The summed E-state index contributed by atoms with van der Waals surface area (Å²) in [5, 5.41) is 4.05. The second-order valence-corrected chi connectivity index (χ2v) is 6.00. The normalized spacial score (nSPS) is 10.4. The third-order valence-corrected chi connectivity index (χ3v) is 4.04. The van der Waals surface area contributed by atoms with Gasteiger partial charge in [-0.2, -0.15) is 5.10 Å². The van der Waals surface area contributed by atoms with Crippen LogP contribution in [-0.2, 0) is 0 Å². The van der Waals surface area contributed by atoms with Crippen LogP contribution in [0.4, 0.5) is 0 Å². The smallest absolute Gasteiger partial charge is 0.274 e. The Balaban J connectivity index is 2.16. The number of nitrogens with one attached hydrogen (secondary N) is 1. The fourth-order valence-electron chi connectivity index (χ4n) is 1.93. The Kier molecular flexibility index (Phi) is 7.45. The molecule has 0 saturated carbocycles. The third kappa shape index (κ3) is 5.22. The van der Waals surface area contributed by atoms with Crippen molar-refractivity contribution in [3.8, 4) is 23.8 Å². The Morgan fingerprint density at radius 2 is 2.23 bits per heavy atom. The van der Waals surface area contributed by atoms with E-state index >= 15 is 0 Å². The molecule has 1 aromatic heterocycles. The van der Waals surface area contributed by atoms with Crippen molar-refractivity contribution in [3.05, 3.63) is 51.2 Å². The molecule has 0 unspecified atom stereocenters. The summed E-state index contributed by atoms with van der Waals surface area (Å²) in [4.78, 5) is 15.9. The molecule has 0 bridgehead atoms. The molecular formula is C18H15BrClN3O3. The highest BCUT2D eigenvalue weighted by Gasteiger charge is 2.11. The Labute approximate surface area is 164 Å². The van der Waals surface area contributed by atoms with E-state index in [9.17, 15) is 4.79 Å². The Morgan fingerprint density at radius 1 is 1.46 bits per heavy atom. The molecule has 1 heterocycles. The van der Waals surface area contributed by atoms with Crippen molar-refractivity contribution in [2.75, 3.05) is 13.2 Å². The van der Waals surface area contributed by atoms with Gasteiger partial charge in [-0.3, -0.25) is 4.79 Å². The molecular weight excluding hydrogens is 422 g/mol. The molecule has 0 fully saturated rings. The second-order valence-electron chi connectivity index (χ2n) is 4.79. The average Bonchev–Trinajstić information content (AvgIpc) is 2.63. The fraction of sp³-hybridized carbons (Fsp3) is 0.167. The number of aromatic nitrogens is 1. The Hall–Kier alpha value is -2.56. The highest BCUT2D eigenvalue weighted by molar-refractivity contribution is 9.10. The van der Waals surface area contributed by atoms with Gasteiger partial charge in [-0.15, -0.1) is 6.42 Å². The lowest BCUT2D eigenvalue weighted by atomic mass is 10.2. The zero-order valence-electron chi connectivity index (χ0n) is 13.8. The van der Waals surface area contributed by atoms with E-state index in [2.05, 4.69) is 37.4 Å². The SMILES string of the molecule is C#CCOc1cc(Br)c(C=NNC(=O)c2cccnc2Cl)cc1OCC. The van der Waals surface area contributed by atoms with Crippen LogP contribution in [0.2, 0.25) is 5.15 Å². The van der Waals surface area contributed by atoms with Crippen LogP contribution >= 0.6 is 27.5 Å². The maximum Gasteiger partial charge on any atom is 0.274 e. The molecule has 6 nitrogen and oxygen atoms in total. The van der Waals surface area contributed by atoms with Gasteiger partial charge in [0, 0.05) is 16.2 Å². The molecule has 0 spiro atoms.